The molecular weight excluding hydrogens is 392 g/mol. The summed E-state index contributed by atoms with van der Waals surface area (Å²) in [6.45, 7) is 10.8. The fourth-order valence-corrected chi connectivity index (χ4v) is 0.783. The third kappa shape index (κ3) is 58.9. The van der Waals surface area contributed by atoms with Crippen LogP contribution < -0.4 is 0 Å². The standard InChI is InChI=1S/2C5H7O3.2C4H10O.Ti/c2*1-4(6)3-5(7)8-2;2*1-2-3-4-5;/h2*1,3H2,2H3;2*5H,2-4H2,1H3;/q2*-1;;;+2. The van der Waals surface area contributed by atoms with Crippen molar-refractivity contribution in [2.75, 3.05) is 27.4 Å². The Morgan fingerprint density at radius 1 is 0.741 bits per heavy atom. The predicted octanol–water partition coefficient (Wildman–Crippen LogP) is 1.46. The molecule has 0 saturated carbocycles. The minimum atomic E-state index is -0.537. The Morgan fingerprint density at radius 3 is 1.04 bits per heavy atom. The van der Waals surface area contributed by atoms with Gasteiger partial charge in [0.15, 0.2) is 0 Å². The Kier molecular flexibility index (Phi) is 43.8. The van der Waals surface area contributed by atoms with Crippen LogP contribution in [0.2, 0.25) is 0 Å². The first-order chi connectivity index (χ1) is 12.2. The van der Waals surface area contributed by atoms with Crippen molar-refractivity contribution >= 4 is 23.5 Å². The first-order valence-electron chi connectivity index (χ1n) is 8.21. The predicted molar refractivity (Wildman–Crippen MR) is 98.0 cm³/mol. The molecule has 0 aromatic carbocycles. The molecule has 0 rings (SSSR count). The molecule has 8 nitrogen and oxygen atoms in total. The summed E-state index contributed by atoms with van der Waals surface area (Å²) in [6, 6.07) is 0. The zero-order chi connectivity index (χ0) is 21.4. The Balaban J connectivity index is -0.0000000807. The monoisotopic (exact) mass is 426 g/mol. The maximum atomic E-state index is 10.1. The fourth-order valence-electron chi connectivity index (χ4n) is 0.783. The number of ether oxygens (including phenoxy) is 2. The minimum absolute atomic E-state index is 0. The van der Waals surface area contributed by atoms with Crippen molar-refractivity contribution in [2.45, 2.75) is 52.4 Å². The normalized spacial score (nSPS) is 7.93. The van der Waals surface area contributed by atoms with Gasteiger partial charge in [0, 0.05) is 24.8 Å². The van der Waals surface area contributed by atoms with E-state index in [1.165, 1.54) is 14.2 Å². The molecule has 0 aromatic rings. The van der Waals surface area contributed by atoms with E-state index in [2.05, 4.69) is 37.2 Å². The van der Waals surface area contributed by atoms with Crippen LogP contribution in [0.5, 0.6) is 0 Å². The number of hydrogen-bond donors (Lipinski definition) is 2. The second-order valence-electron chi connectivity index (χ2n) is 4.74. The van der Waals surface area contributed by atoms with Crippen LogP contribution in [0.1, 0.15) is 52.4 Å². The van der Waals surface area contributed by atoms with Crippen molar-refractivity contribution in [3.8, 4) is 0 Å². The van der Waals surface area contributed by atoms with E-state index in [0.29, 0.717) is 13.2 Å². The van der Waals surface area contributed by atoms with Crippen molar-refractivity contribution in [1.29, 1.82) is 0 Å². The van der Waals surface area contributed by atoms with Crippen LogP contribution in [0, 0.1) is 13.8 Å². The molecule has 0 aliphatic carbocycles. The molecule has 0 bridgehead atoms. The Bertz CT molecular complexity index is 321. The van der Waals surface area contributed by atoms with E-state index in [4.69, 9.17) is 10.2 Å². The van der Waals surface area contributed by atoms with Crippen molar-refractivity contribution < 1.29 is 60.6 Å². The molecule has 0 aliphatic rings. The van der Waals surface area contributed by atoms with Gasteiger partial charge in [-0.15, -0.1) is 0 Å². The number of methoxy groups -OCH3 is 2. The molecule has 0 radical (unpaired) electrons. The summed E-state index contributed by atoms with van der Waals surface area (Å²) < 4.78 is 8.32. The van der Waals surface area contributed by atoms with E-state index < -0.39 is 23.5 Å². The van der Waals surface area contributed by atoms with Crippen LogP contribution in [0.3, 0.4) is 0 Å². The third-order valence-corrected chi connectivity index (χ3v) is 2.16. The second-order valence-corrected chi connectivity index (χ2v) is 4.74. The van der Waals surface area contributed by atoms with Gasteiger partial charge < -0.3 is 43.1 Å². The topological polar surface area (TPSA) is 127 Å². The molecule has 0 atom stereocenters. The summed E-state index contributed by atoms with van der Waals surface area (Å²) in [5.41, 5.74) is 0. The largest absolute Gasteiger partial charge is 2.00 e. The summed E-state index contributed by atoms with van der Waals surface area (Å²) in [7, 11) is 2.45. The summed E-state index contributed by atoms with van der Waals surface area (Å²) in [6.07, 6.45) is 3.62. The number of aliphatic hydroxyl groups is 2. The van der Waals surface area contributed by atoms with E-state index in [9.17, 15) is 19.2 Å². The molecule has 0 aliphatic heterocycles. The van der Waals surface area contributed by atoms with E-state index in [-0.39, 0.29) is 34.6 Å². The maximum Gasteiger partial charge on any atom is 2.00 e. The van der Waals surface area contributed by atoms with Gasteiger partial charge in [-0.05, 0) is 12.8 Å². The van der Waals surface area contributed by atoms with Crippen LogP contribution in [-0.2, 0) is 50.4 Å². The maximum absolute atomic E-state index is 10.1. The fraction of sp³-hybridized carbons (Fsp3) is 0.667. The molecule has 0 amide bonds. The molecule has 0 heterocycles. The van der Waals surface area contributed by atoms with Crippen LogP contribution in [0.15, 0.2) is 0 Å². The Labute approximate surface area is 177 Å². The average Bonchev–Trinajstić information content (AvgIpc) is 2.56. The molecule has 0 spiro atoms. The summed E-state index contributed by atoms with van der Waals surface area (Å²) >= 11 is 0. The summed E-state index contributed by atoms with van der Waals surface area (Å²) in [4.78, 5) is 40.3. The number of esters is 2. The quantitative estimate of drug-likeness (QED) is 0.259. The van der Waals surface area contributed by atoms with Crippen LogP contribution in [-0.4, -0.2) is 61.2 Å². The molecule has 0 fully saturated rings. The van der Waals surface area contributed by atoms with Gasteiger partial charge in [0.2, 0.25) is 0 Å². The number of aliphatic hydroxyl groups excluding tert-OH is 2. The number of carbonyl (C=O) groups excluding carboxylic acids is 4. The van der Waals surface area contributed by atoms with Crippen LogP contribution in [0.25, 0.3) is 0 Å². The summed E-state index contributed by atoms with van der Waals surface area (Å²) in [5, 5.41) is 16.1. The smallest absolute Gasteiger partial charge is 0.469 e. The summed E-state index contributed by atoms with van der Waals surface area (Å²) in [5.74, 6) is -1.91. The van der Waals surface area contributed by atoms with Gasteiger partial charge in [0.25, 0.3) is 0 Å². The van der Waals surface area contributed by atoms with Crippen LogP contribution >= 0.6 is 0 Å². The van der Waals surface area contributed by atoms with Gasteiger partial charge >= 0.3 is 33.7 Å². The zero-order valence-corrected chi connectivity index (χ0v) is 18.5. The molecular formula is C18H34O8Ti. The molecule has 9 heteroatoms. The van der Waals surface area contributed by atoms with E-state index in [0.717, 1.165) is 25.7 Å². The zero-order valence-electron chi connectivity index (χ0n) is 16.9. The van der Waals surface area contributed by atoms with E-state index in [1.54, 1.807) is 0 Å². The molecule has 0 aromatic heterocycles. The first kappa shape index (κ1) is 36.6. The van der Waals surface area contributed by atoms with Gasteiger partial charge in [0.1, 0.15) is 0 Å². The van der Waals surface area contributed by atoms with Crippen molar-refractivity contribution in [3.05, 3.63) is 13.8 Å². The van der Waals surface area contributed by atoms with Gasteiger partial charge in [-0.3, -0.25) is 9.59 Å². The molecule has 27 heavy (non-hydrogen) atoms. The Hall–Kier alpha value is -1.35. The van der Waals surface area contributed by atoms with Crippen molar-refractivity contribution in [1.82, 2.24) is 0 Å². The molecule has 2 N–H and O–H groups in total. The number of Topliss-reactive ketones (excluding diaryl/α,β-unsaturated/α-hetero) is 2. The van der Waals surface area contributed by atoms with Crippen molar-refractivity contribution in [2.24, 2.45) is 0 Å². The van der Waals surface area contributed by atoms with Crippen molar-refractivity contribution in [3.63, 3.8) is 0 Å². The van der Waals surface area contributed by atoms with Gasteiger partial charge in [0.05, 0.1) is 27.1 Å². The number of carbonyl (C=O) groups is 4. The number of ketones is 2. The molecule has 0 saturated heterocycles. The number of hydrogen-bond acceptors (Lipinski definition) is 8. The van der Waals surface area contributed by atoms with Gasteiger partial charge in [-0.1, -0.05) is 26.7 Å². The van der Waals surface area contributed by atoms with E-state index >= 15 is 0 Å². The Morgan fingerprint density at radius 2 is 1.00 bits per heavy atom. The second kappa shape index (κ2) is 32.3. The molecule has 158 valence electrons. The first-order valence-corrected chi connectivity index (χ1v) is 8.21. The average molecular weight is 426 g/mol. The van der Waals surface area contributed by atoms with E-state index in [1.807, 2.05) is 0 Å². The van der Waals surface area contributed by atoms with Gasteiger partial charge in [-0.25, -0.2) is 0 Å². The molecule has 0 unspecified atom stereocenters. The van der Waals surface area contributed by atoms with Gasteiger partial charge in [-0.2, -0.15) is 0 Å². The third-order valence-electron chi connectivity index (χ3n) is 2.16. The SMILES string of the molecule is CCCCO.CCCCO.[CH2-]C(=O)CC(=O)OC.[CH2-]C(=O)CC(=O)OC.[Ti+2]. The van der Waals surface area contributed by atoms with Crippen LogP contribution in [0.4, 0.5) is 0 Å². The number of unbranched alkanes of at least 4 members (excludes halogenated alkanes) is 2. The number of rotatable bonds is 8. The minimum Gasteiger partial charge on any atom is -0.469 e.